The van der Waals surface area contributed by atoms with Gasteiger partial charge in [0.15, 0.2) is 10.8 Å². The highest BCUT2D eigenvalue weighted by atomic mass is 35.5. The standard InChI is InChI=1S/C14H7N2O2.ClH/c15-16-11-7-3-6-10-12(11)14(18)9-5-2-1-4-8(9)13(10)17;/h1-7H;1H/q+1;/p-1. The number of benzene rings is 2. The summed E-state index contributed by atoms with van der Waals surface area (Å²) in [6.07, 6.45) is 0. The van der Waals surface area contributed by atoms with E-state index in [4.69, 9.17) is 5.39 Å². The molecule has 0 aliphatic heterocycles. The molecule has 0 bridgehead atoms. The summed E-state index contributed by atoms with van der Waals surface area (Å²) in [4.78, 5) is 27.6. The maximum atomic E-state index is 12.3. The van der Waals surface area contributed by atoms with Crippen molar-refractivity contribution in [2.75, 3.05) is 0 Å². The number of fused-ring (bicyclic) bond motifs is 2. The summed E-state index contributed by atoms with van der Waals surface area (Å²) in [5, 5.41) is 8.91. The molecular formula is C14H7ClN2O2. The molecule has 0 radical (unpaired) electrons. The zero-order valence-electron chi connectivity index (χ0n) is 9.63. The number of hydrogen-bond donors (Lipinski definition) is 0. The lowest BCUT2D eigenvalue weighted by molar-refractivity contribution is -0.0000177. The summed E-state index contributed by atoms with van der Waals surface area (Å²) in [7, 11) is 0. The zero-order valence-corrected chi connectivity index (χ0v) is 10.4. The third-order valence-electron chi connectivity index (χ3n) is 3.04. The molecule has 0 spiro atoms. The Kier molecular flexibility index (Phi) is 3.16. The monoisotopic (exact) mass is 270 g/mol. The number of carbonyl (C=O) groups is 2. The molecular weight excluding hydrogens is 264 g/mol. The molecule has 0 atom stereocenters. The van der Waals surface area contributed by atoms with Crippen LogP contribution in [-0.2, 0) is 0 Å². The molecule has 4 nitrogen and oxygen atoms in total. The number of rotatable bonds is 0. The van der Waals surface area contributed by atoms with Gasteiger partial charge in [-0.05, 0) is 6.07 Å². The van der Waals surface area contributed by atoms with Crippen molar-refractivity contribution in [2.45, 2.75) is 0 Å². The first kappa shape index (κ1) is 12.9. The number of halogens is 1. The van der Waals surface area contributed by atoms with Crippen molar-refractivity contribution >= 4 is 17.3 Å². The van der Waals surface area contributed by atoms with Crippen LogP contribution < -0.4 is 12.4 Å². The summed E-state index contributed by atoms with van der Waals surface area (Å²) in [5.41, 5.74) is 1.33. The van der Waals surface area contributed by atoms with E-state index in [1.807, 2.05) is 0 Å². The van der Waals surface area contributed by atoms with Crippen LogP contribution in [0.3, 0.4) is 0 Å². The van der Waals surface area contributed by atoms with Crippen molar-refractivity contribution in [3.63, 3.8) is 0 Å². The Bertz CT molecular complexity index is 747. The summed E-state index contributed by atoms with van der Waals surface area (Å²) in [6, 6.07) is 11.3. The van der Waals surface area contributed by atoms with Crippen LogP contribution in [0.15, 0.2) is 42.5 Å². The minimum Gasteiger partial charge on any atom is -1.00 e. The van der Waals surface area contributed by atoms with E-state index in [1.165, 1.54) is 6.07 Å². The Morgan fingerprint density at radius 2 is 1.37 bits per heavy atom. The molecule has 1 aliphatic carbocycles. The lowest BCUT2D eigenvalue weighted by Gasteiger charge is -2.14. The summed E-state index contributed by atoms with van der Waals surface area (Å²) >= 11 is 0. The Morgan fingerprint density at radius 1 is 0.789 bits per heavy atom. The number of carbonyl (C=O) groups excluding carboxylic acids is 2. The van der Waals surface area contributed by atoms with Crippen LogP contribution in [0.5, 0.6) is 0 Å². The van der Waals surface area contributed by atoms with Crippen LogP contribution in [-0.4, -0.2) is 11.6 Å². The van der Waals surface area contributed by atoms with E-state index >= 15 is 0 Å². The van der Waals surface area contributed by atoms with Crippen molar-refractivity contribution < 1.29 is 22.0 Å². The van der Waals surface area contributed by atoms with Gasteiger partial charge >= 0.3 is 5.69 Å². The zero-order chi connectivity index (χ0) is 12.7. The Labute approximate surface area is 115 Å². The minimum absolute atomic E-state index is 0. The van der Waals surface area contributed by atoms with Crippen molar-refractivity contribution in [1.29, 1.82) is 5.39 Å². The lowest BCUT2D eigenvalue weighted by Crippen LogP contribution is -3.00. The third kappa shape index (κ3) is 1.72. The fourth-order valence-electron chi connectivity index (χ4n) is 2.21. The van der Waals surface area contributed by atoms with E-state index in [0.717, 1.165) is 0 Å². The third-order valence-corrected chi connectivity index (χ3v) is 3.04. The maximum Gasteiger partial charge on any atom is 0.396 e. The average Bonchev–Trinajstić information content (AvgIpc) is 2.44. The molecule has 0 unspecified atom stereocenters. The van der Waals surface area contributed by atoms with E-state index in [-0.39, 0.29) is 40.8 Å². The first-order chi connectivity index (χ1) is 8.74. The van der Waals surface area contributed by atoms with Gasteiger partial charge in [-0.1, -0.05) is 30.3 Å². The Balaban J connectivity index is 0.00000133. The number of diazo groups is 1. The molecule has 19 heavy (non-hydrogen) atoms. The minimum atomic E-state index is -0.284. The van der Waals surface area contributed by atoms with Crippen LogP contribution >= 0.6 is 0 Å². The smallest absolute Gasteiger partial charge is 0.396 e. The Hall–Kier alpha value is -2.51. The van der Waals surface area contributed by atoms with Gasteiger partial charge in [0.1, 0.15) is 5.56 Å². The molecule has 92 valence electrons. The van der Waals surface area contributed by atoms with Gasteiger partial charge in [-0.25, -0.2) is 0 Å². The van der Waals surface area contributed by atoms with Gasteiger partial charge < -0.3 is 12.4 Å². The fraction of sp³-hybridized carbons (Fsp3) is 0. The molecule has 0 N–H and O–H groups in total. The van der Waals surface area contributed by atoms with Crippen molar-refractivity contribution in [2.24, 2.45) is 0 Å². The number of hydrogen-bond acceptors (Lipinski definition) is 3. The first-order valence-corrected chi connectivity index (χ1v) is 5.40. The molecule has 5 heteroatoms. The van der Waals surface area contributed by atoms with Crippen LogP contribution in [0.4, 0.5) is 5.69 Å². The molecule has 0 saturated heterocycles. The maximum absolute atomic E-state index is 12.3. The second kappa shape index (κ2) is 4.63. The molecule has 0 aromatic heterocycles. The van der Waals surface area contributed by atoms with Gasteiger partial charge in [-0.3, -0.25) is 9.59 Å². The molecule has 2 aromatic carbocycles. The van der Waals surface area contributed by atoms with E-state index < -0.39 is 0 Å². The van der Waals surface area contributed by atoms with Crippen LogP contribution in [0, 0.1) is 5.39 Å². The Morgan fingerprint density at radius 3 is 2.00 bits per heavy atom. The van der Waals surface area contributed by atoms with Crippen LogP contribution in [0.2, 0.25) is 0 Å². The molecule has 3 rings (SSSR count). The number of ketones is 2. The first-order valence-electron chi connectivity index (χ1n) is 5.40. The summed E-state index contributed by atoms with van der Waals surface area (Å²) < 4.78 is 0. The highest BCUT2D eigenvalue weighted by molar-refractivity contribution is 6.30. The van der Waals surface area contributed by atoms with E-state index in [2.05, 4.69) is 4.98 Å². The quantitative estimate of drug-likeness (QED) is 0.538. The van der Waals surface area contributed by atoms with Crippen molar-refractivity contribution in [1.82, 2.24) is 0 Å². The molecule has 2 aromatic rings. The number of nitrogens with zero attached hydrogens (tertiary/aromatic N) is 2. The SMILES string of the molecule is N#[N+]c1cccc2c1C(=O)c1ccccc1C2=O.[Cl-]. The van der Waals surface area contributed by atoms with Crippen LogP contribution in [0.25, 0.3) is 4.98 Å². The van der Waals surface area contributed by atoms with Gasteiger partial charge in [0.2, 0.25) is 11.2 Å². The fourth-order valence-corrected chi connectivity index (χ4v) is 2.21. The van der Waals surface area contributed by atoms with Gasteiger partial charge in [-0.15, -0.1) is 0 Å². The highest BCUT2D eigenvalue weighted by Crippen LogP contribution is 2.32. The van der Waals surface area contributed by atoms with Crippen molar-refractivity contribution in [3.05, 3.63) is 69.7 Å². The lowest BCUT2D eigenvalue weighted by atomic mass is 9.83. The largest absolute Gasteiger partial charge is 1.00 e. The van der Waals surface area contributed by atoms with E-state index in [9.17, 15) is 9.59 Å². The summed E-state index contributed by atoms with van der Waals surface area (Å²) in [5.74, 6) is -0.501. The van der Waals surface area contributed by atoms with Gasteiger partial charge in [-0.2, -0.15) is 0 Å². The predicted octanol–water partition coefficient (Wildman–Crippen LogP) is -0.0494. The highest BCUT2D eigenvalue weighted by Gasteiger charge is 2.35. The van der Waals surface area contributed by atoms with E-state index in [1.54, 1.807) is 36.4 Å². The normalized spacial score (nSPS) is 11.9. The molecule has 1 aliphatic rings. The summed E-state index contributed by atoms with van der Waals surface area (Å²) in [6.45, 7) is 0. The molecule has 0 heterocycles. The van der Waals surface area contributed by atoms with Gasteiger partial charge in [0.25, 0.3) is 0 Å². The van der Waals surface area contributed by atoms with E-state index in [0.29, 0.717) is 11.1 Å². The molecule has 0 fully saturated rings. The topological polar surface area (TPSA) is 62.3 Å². The van der Waals surface area contributed by atoms with Gasteiger partial charge in [0, 0.05) is 22.8 Å². The second-order valence-electron chi connectivity index (χ2n) is 4.00. The average molecular weight is 271 g/mol. The second-order valence-corrected chi connectivity index (χ2v) is 4.00. The van der Waals surface area contributed by atoms with Crippen LogP contribution in [0.1, 0.15) is 31.8 Å². The van der Waals surface area contributed by atoms with Gasteiger partial charge in [0.05, 0.1) is 0 Å². The van der Waals surface area contributed by atoms with Crippen molar-refractivity contribution in [3.8, 4) is 0 Å². The predicted molar refractivity (Wildman–Crippen MR) is 64.5 cm³/mol. The molecule has 0 saturated carbocycles. The molecule has 0 amide bonds.